The fraction of sp³-hybridized carbons (Fsp3) is 0.346. The molecule has 34 heavy (non-hydrogen) atoms. The van der Waals surface area contributed by atoms with Gasteiger partial charge in [0.1, 0.15) is 17.4 Å². The van der Waals surface area contributed by atoms with Gasteiger partial charge >= 0.3 is 0 Å². The minimum absolute atomic E-state index is 0.000868. The smallest absolute Gasteiger partial charge is 0.271 e. The molecule has 178 valence electrons. The standard InChI is InChI=1S/C26H29FN4O3/c1-18(2)34-23-11-5-19(6-12-23)16-28-26(33)20-4-3-15-30(17-20)24-13-14-25(32)31(29-24)22-9-7-21(27)8-10-22/h5-14,18,20H,3-4,15-17H2,1-2H3,(H,28,33). The van der Waals surface area contributed by atoms with Crippen LogP contribution in [0.15, 0.2) is 65.5 Å². The Morgan fingerprint density at radius 2 is 1.85 bits per heavy atom. The molecule has 0 radical (unpaired) electrons. The zero-order chi connectivity index (χ0) is 24.1. The fourth-order valence-corrected chi connectivity index (χ4v) is 4.03. The highest BCUT2D eigenvalue weighted by Crippen LogP contribution is 2.22. The molecule has 3 aromatic rings. The number of anilines is 1. The summed E-state index contributed by atoms with van der Waals surface area (Å²) in [4.78, 5) is 27.2. The van der Waals surface area contributed by atoms with E-state index < -0.39 is 0 Å². The summed E-state index contributed by atoms with van der Waals surface area (Å²) >= 11 is 0. The van der Waals surface area contributed by atoms with Crippen LogP contribution < -0.4 is 20.5 Å². The first-order chi connectivity index (χ1) is 16.4. The van der Waals surface area contributed by atoms with E-state index in [1.165, 1.54) is 35.0 Å². The summed E-state index contributed by atoms with van der Waals surface area (Å²) in [7, 11) is 0. The molecule has 4 rings (SSSR count). The lowest BCUT2D eigenvalue weighted by atomic mass is 9.97. The first kappa shape index (κ1) is 23.5. The molecular formula is C26H29FN4O3. The Kier molecular flexibility index (Phi) is 7.25. The number of nitrogens with zero attached hydrogens (tertiary/aromatic N) is 3. The average Bonchev–Trinajstić information content (AvgIpc) is 2.84. The van der Waals surface area contributed by atoms with Crippen LogP contribution in [0.3, 0.4) is 0 Å². The minimum Gasteiger partial charge on any atom is -0.491 e. The molecule has 1 amide bonds. The molecular weight excluding hydrogens is 435 g/mol. The van der Waals surface area contributed by atoms with Crippen LogP contribution in [0.2, 0.25) is 0 Å². The summed E-state index contributed by atoms with van der Waals surface area (Å²) in [6, 6.07) is 16.5. The molecule has 0 spiro atoms. The van der Waals surface area contributed by atoms with Crippen molar-refractivity contribution in [1.82, 2.24) is 15.1 Å². The molecule has 1 aliphatic heterocycles. The molecule has 1 saturated heterocycles. The van der Waals surface area contributed by atoms with E-state index in [1.54, 1.807) is 6.07 Å². The van der Waals surface area contributed by atoms with E-state index in [0.29, 0.717) is 24.6 Å². The van der Waals surface area contributed by atoms with Gasteiger partial charge < -0.3 is 15.0 Å². The highest BCUT2D eigenvalue weighted by atomic mass is 19.1. The molecule has 1 aliphatic rings. The number of benzene rings is 2. The zero-order valence-corrected chi connectivity index (χ0v) is 19.4. The predicted octanol–water partition coefficient (Wildman–Crippen LogP) is 3.69. The lowest BCUT2D eigenvalue weighted by Gasteiger charge is -2.33. The summed E-state index contributed by atoms with van der Waals surface area (Å²) in [6.07, 6.45) is 1.75. The first-order valence-corrected chi connectivity index (χ1v) is 11.5. The molecule has 2 aromatic carbocycles. The van der Waals surface area contributed by atoms with Crippen LogP contribution >= 0.6 is 0 Å². The van der Waals surface area contributed by atoms with Crippen LogP contribution in [0.4, 0.5) is 10.2 Å². The SMILES string of the molecule is CC(C)Oc1ccc(CNC(=O)C2CCCN(c3ccc(=O)n(-c4ccc(F)cc4)n3)C2)cc1. The molecule has 7 nitrogen and oxygen atoms in total. The van der Waals surface area contributed by atoms with Crippen LogP contribution in [0.1, 0.15) is 32.3 Å². The third kappa shape index (κ3) is 5.81. The van der Waals surface area contributed by atoms with Gasteiger partial charge in [0.05, 0.1) is 17.7 Å². The van der Waals surface area contributed by atoms with E-state index in [-0.39, 0.29) is 29.3 Å². The van der Waals surface area contributed by atoms with Crippen molar-refractivity contribution in [2.45, 2.75) is 39.3 Å². The van der Waals surface area contributed by atoms with E-state index >= 15 is 0 Å². The second-order valence-electron chi connectivity index (χ2n) is 8.73. The Labute approximate surface area is 198 Å². The van der Waals surface area contributed by atoms with Crippen molar-refractivity contribution in [2.24, 2.45) is 5.92 Å². The number of aromatic nitrogens is 2. The second-order valence-corrected chi connectivity index (χ2v) is 8.73. The minimum atomic E-state index is -0.377. The summed E-state index contributed by atoms with van der Waals surface area (Å²) in [5, 5.41) is 7.51. The molecule has 1 fully saturated rings. The van der Waals surface area contributed by atoms with Crippen molar-refractivity contribution in [3.05, 3.63) is 82.4 Å². The summed E-state index contributed by atoms with van der Waals surface area (Å²) in [5.74, 6) is 0.867. The Bertz CT molecular complexity index is 1180. The molecule has 0 aliphatic carbocycles. The van der Waals surface area contributed by atoms with Gasteiger partial charge in [-0.25, -0.2) is 4.39 Å². The highest BCUT2D eigenvalue weighted by Gasteiger charge is 2.27. The van der Waals surface area contributed by atoms with Gasteiger partial charge in [-0.05, 0) is 74.7 Å². The van der Waals surface area contributed by atoms with Gasteiger partial charge in [-0.15, -0.1) is 5.10 Å². The Hall–Kier alpha value is -3.68. The van der Waals surface area contributed by atoms with Gasteiger partial charge in [0.15, 0.2) is 0 Å². The van der Waals surface area contributed by atoms with Gasteiger partial charge in [0, 0.05) is 25.7 Å². The van der Waals surface area contributed by atoms with E-state index in [1.807, 2.05) is 43.0 Å². The van der Waals surface area contributed by atoms with Crippen LogP contribution in [0.25, 0.3) is 5.69 Å². The number of hydrogen-bond acceptors (Lipinski definition) is 5. The Morgan fingerprint density at radius 3 is 2.56 bits per heavy atom. The lowest BCUT2D eigenvalue weighted by Crippen LogP contribution is -2.43. The molecule has 0 bridgehead atoms. The predicted molar refractivity (Wildman–Crippen MR) is 129 cm³/mol. The molecule has 2 heterocycles. The van der Waals surface area contributed by atoms with Crippen LogP contribution in [0.5, 0.6) is 5.75 Å². The number of carbonyl (C=O) groups is 1. The molecule has 1 N–H and O–H groups in total. The summed E-state index contributed by atoms with van der Waals surface area (Å²) < 4.78 is 20.2. The molecule has 0 saturated carbocycles. The maximum absolute atomic E-state index is 13.3. The van der Waals surface area contributed by atoms with E-state index in [0.717, 1.165) is 30.7 Å². The number of amides is 1. The Morgan fingerprint density at radius 1 is 1.12 bits per heavy atom. The number of ether oxygens (including phenoxy) is 1. The topological polar surface area (TPSA) is 76.5 Å². The summed E-state index contributed by atoms with van der Waals surface area (Å²) in [5.41, 5.74) is 1.20. The van der Waals surface area contributed by atoms with Crippen LogP contribution in [-0.2, 0) is 11.3 Å². The van der Waals surface area contributed by atoms with Crippen molar-refractivity contribution in [3.8, 4) is 11.4 Å². The molecule has 1 atom stereocenters. The molecule has 1 unspecified atom stereocenters. The fourth-order valence-electron chi connectivity index (χ4n) is 4.03. The number of rotatable bonds is 7. The zero-order valence-electron chi connectivity index (χ0n) is 19.4. The van der Waals surface area contributed by atoms with Crippen molar-refractivity contribution in [1.29, 1.82) is 0 Å². The van der Waals surface area contributed by atoms with Crippen molar-refractivity contribution in [3.63, 3.8) is 0 Å². The molecule has 8 heteroatoms. The van der Waals surface area contributed by atoms with Crippen molar-refractivity contribution < 1.29 is 13.9 Å². The number of carbonyl (C=O) groups excluding carboxylic acids is 1. The van der Waals surface area contributed by atoms with Gasteiger partial charge in [0.2, 0.25) is 5.91 Å². The largest absolute Gasteiger partial charge is 0.491 e. The van der Waals surface area contributed by atoms with Gasteiger partial charge in [-0.3, -0.25) is 9.59 Å². The van der Waals surface area contributed by atoms with Gasteiger partial charge in [0.25, 0.3) is 5.56 Å². The number of hydrogen-bond donors (Lipinski definition) is 1. The highest BCUT2D eigenvalue weighted by molar-refractivity contribution is 5.79. The van der Waals surface area contributed by atoms with Crippen LogP contribution in [0, 0.1) is 11.7 Å². The van der Waals surface area contributed by atoms with Gasteiger partial charge in [-0.1, -0.05) is 12.1 Å². The van der Waals surface area contributed by atoms with Crippen molar-refractivity contribution in [2.75, 3.05) is 18.0 Å². The van der Waals surface area contributed by atoms with Crippen LogP contribution in [-0.4, -0.2) is 34.9 Å². The average molecular weight is 465 g/mol. The lowest BCUT2D eigenvalue weighted by molar-refractivity contribution is -0.125. The maximum Gasteiger partial charge on any atom is 0.271 e. The van der Waals surface area contributed by atoms with E-state index in [4.69, 9.17) is 4.74 Å². The van der Waals surface area contributed by atoms with Crippen molar-refractivity contribution >= 4 is 11.7 Å². The maximum atomic E-state index is 13.3. The normalized spacial score (nSPS) is 15.9. The van der Waals surface area contributed by atoms with E-state index in [9.17, 15) is 14.0 Å². The first-order valence-electron chi connectivity index (χ1n) is 11.5. The number of halogens is 1. The number of nitrogens with one attached hydrogen (secondary N) is 1. The monoisotopic (exact) mass is 464 g/mol. The van der Waals surface area contributed by atoms with E-state index in [2.05, 4.69) is 10.4 Å². The summed E-state index contributed by atoms with van der Waals surface area (Å²) in [6.45, 7) is 5.67. The third-order valence-corrected chi connectivity index (χ3v) is 5.74. The van der Waals surface area contributed by atoms with Gasteiger partial charge in [-0.2, -0.15) is 4.68 Å². The third-order valence-electron chi connectivity index (χ3n) is 5.74. The Balaban J connectivity index is 1.39. The quantitative estimate of drug-likeness (QED) is 0.577. The molecule has 1 aromatic heterocycles. The number of piperidine rings is 1. The second kappa shape index (κ2) is 10.5.